The zero-order valence-electron chi connectivity index (χ0n) is 15.2. The quantitative estimate of drug-likeness (QED) is 0.759. The van der Waals surface area contributed by atoms with E-state index in [4.69, 9.17) is 0 Å². The first-order chi connectivity index (χ1) is 13.1. The molecule has 0 saturated heterocycles. The Morgan fingerprint density at radius 3 is 2.48 bits per heavy atom. The van der Waals surface area contributed by atoms with Gasteiger partial charge < -0.3 is 4.90 Å². The number of benzene rings is 2. The number of rotatable bonds is 5. The molecule has 0 bridgehead atoms. The second-order valence-electron chi connectivity index (χ2n) is 6.88. The van der Waals surface area contributed by atoms with Crippen LogP contribution >= 0.6 is 0 Å². The number of amides is 2. The van der Waals surface area contributed by atoms with E-state index in [1.807, 2.05) is 36.1 Å². The van der Waals surface area contributed by atoms with Crippen molar-refractivity contribution >= 4 is 23.1 Å². The highest BCUT2D eigenvalue weighted by Gasteiger charge is 2.42. The minimum atomic E-state index is -0.368. The highest BCUT2D eigenvalue weighted by atomic mass is 19.1. The number of fused-ring (bicyclic) bond motifs is 1. The summed E-state index contributed by atoms with van der Waals surface area (Å²) in [7, 11) is 0. The van der Waals surface area contributed by atoms with Crippen molar-refractivity contribution in [3.63, 3.8) is 0 Å². The largest absolute Gasteiger partial charge is 0.336 e. The summed E-state index contributed by atoms with van der Waals surface area (Å²) in [5, 5.41) is 0. The molecule has 2 amide bonds. The van der Waals surface area contributed by atoms with Crippen LogP contribution in [0.2, 0.25) is 0 Å². The zero-order chi connectivity index (χ0) is 19.0. The number of unbranched alkanes of at least 4 members (excludes halogenated alkanes) is 1. The van der Waals surface area contributed by atoms with E-state index in [-0.39, 0.29) is 17.6 Å². The van der Waals surface area contributed by atoms with Crippen LogP contribution in [0.4, 0.5) is 10.1 Å². The molecule has 0 spiro atoms. The Labute approximate surface area is 157 Å². The fraction of sp³-hybridized carbons (Fsp3) is 0.273. The molecule has 2 aliphatic heterocycles. The van der Waals surface area contributed by atoms with E-state index >= 15 is 0 Å². The average molecular weight is 364 g/mol. The van der Waals surface area contributed by atoms with Crippen LogP contribution in [0.3, 0.4) is 0 Å². The molecule has 27 heavy (non-hydrogen) atoms. The number of nitrogens with zero attached hydrogens (tertiary/aromatic N) is 2. The summed E-state index contributed by atoms with van der Waals surface area (Å²) in [6, 6.07) is 13.7. The standard InChI is InChI=1S/C22H21FN2O2/c1-2-3-13-25-21(26)19(16-8-10-17(23)11-9-16)20(22(25)27)24-14-12-15-6-4-5-7-18(15)24/h4-11H,2-3,12-14H2,1H3. The highest BCUT2D eigenvalue weighted by molar-refractivity contribution is 6.36. The molecule has 2 aromatic carbocycles. The lowest BCUT2D eigenvalue weighted by Crippen LogP contribution is -2.35. The van der Waals surface area contributed by atoms with E-state index in [0.717, 1.165) is 30.5 Å². The van der Waals surface area contributed by atoms with Crippen LogP contribution in [-0.4, -0.2) is 29.8 Å². The maximum Gasteiger partial charge on any atom is 0.278 e. The molecule has 0 saturated carbocycles. The SMILES string of the molecule is CCCCN1C(=O)C(c2ccc(F)cc2)=C(N2CCc3ccccc32)C1=O. The molecule has 0 radical (unpaired) electrons. The number of carbonyl (C=O) groups is 2. The first-order valence-corrected chi connectivity index (χ1v) is 9.33. The molecule has 0 aromatic heterocycles. The van der Waals surface area contributed by atoms with Gasteiger partial charge in [0, 0.05) is 18.8 Å². The van der Waals surface area contributed by atoms with Crippen molar-refractivity contribution in [3.8, 4) is 0 Å². The van der Waals surface area contributed by atoms with Crippen LogP contribution in [-0.2, 0) is 16.0 Å². The smallest absolute Gasteiger partial charge is 0.278 e. The summed E-state index contributed by atoms with van der Waals surface area (Å²) in [6.45, 7) is 3.08. The molecule has 138 valence electrons. The van der Waals surface area contributed by atoms with Crippen LogP contribution < -0.4 is 4.90 Å². The molecule has 2 aliphatic rings. The number of carbonyl (C=O) groups excluding carboxylic acids is 2. The van der Waals surface area contributed by atoms with Crippen molar-refractivity contribution in [2.45, 2.75) is 26.2 Å². The second-order valence-corrected chi connectivity index (χ2v) is 6.88. The zero-order valence-corrected chi connectivity index (χ0v) is 15.2. The third kappa shape index (κ3) is 2.93. The molecule has 0 aliphatic carbocycles. The maximum atomic E-state index is 13.4. The molecule has 0 fully saturated rings. The van der Waals surface area contributed by atoms with Crippen molar-refractivity contribution in [2.75, 3.05) is 18.0 Å². The van der Waals surface area contributed by atoms with Crippen LogP contribution in [0.25, 0.3) is 5.57 Å². The molecular weight excluding hydrogens is 343 g/mol. The molecule has 4 rings (SSSR count). The number of hydrogen-bond acceptors (Lipinski definition) is 3. The molecule has 0 unspecified atom stereocenters. The van der Waals surface area contributed by atoms with Gasteiger partial charge >= 0.3 is 0 Å². The van der Waals surface area contributed by atoms with Crippen molar-refractivity contribution < 1.29 is 14.0 Å². The lowest BCUT2D eigenvalue weighted by Gasteiger charge is -2.21. The Kier molecular flexibility index (Phi) is 4.52. The molecule has 4 nitrogen and oxygen atoms in total. The van der Waals surface area contributed by atoms with Crippen LogP contribution in [0.5, 0.6) is 0 Å². The molecule has 0 N–H and O–H groups in total. The summed E-state index contributed by atoms with van der Waals surface area (Å²) < 4.78 is 13.4. The van der Waals surface area contributed by atoms with Gasteiger partial charge in [0.25, 0.3) is 11.8 Å². The summed E-state index contributed by atoms with van der Waals surface area (Å²) in [5.74, 6) is -0.920. The molecule has 0 atom stereocenters. The van der Waals surface area contributed by atoms with Gasteiger partial charge in [-0.15, -0.1) is 0 Å². The van der Waals surface area contributed by atoms with Gasteiger partial charge in [0.2, 0.25) is 0 Å². The Morgan fingerprint density at radius 2 is 1.74 bits per heavy atom. The third-order valence-electron chi connectivity index (χ3n) is 5.17. The number of imide groups is 1. The van der Waals surface area contributed by atoms with Gasteiger partial charge in [-0.1, -0.05) is 43.7 Å². The fourth-order valence-corrected chi connectivity index (χ4v) is 3.78. The number of halogens is 1. The van der Waals surface area contributed by atoms with Crippen molar-refractivity contribution in [1.82, 2.24) is 4.90 Å². The molecule has 2 aromatic rings. The Bertz CT molecular complexity index is 934. The summed E-state index contributed by atoms with van der Waals surface area (Å²) in [6.07, 6.45) is 2.48. The minimum Gasteiger partial charge on any atom is -0.336 e. The number of hydrogen-bond donors (Lipinski definition) is 0. The number of anilines is 1. The Balaban J connectivity index is 1.83. The van der Waals surface area contributed by atoms with E-state index in [1.54, 1.807) is 12.1 Å². The van der Waals surface area contributed by atoms with Gasteiger partial charge in [-0.2, -0.15) is 0 Å². The Hall–Kier alpha value is -2.95. The van der Waals surface area contributed by atoms with Gasteiger partial charge in [0.15, 0.2) is 0 Å². The predicted molar refractivity (Wildman–Crippen MR) is 102 cm³/mol. The van der Waals surface area contributed by atoms with E-state index < -0.39 is 0 Å². The van der Waals surface area contributed by atoms with Crippen LogP contribution in [0, 0.1) is 5.82 Å². The third-order valence-corrected chi connectivity index (χ3v) is 5.17. The van der Waals surface area contributed by atoms with Crippen LogP contribution in [0.1, 0.15) is 30.9 Å². The van der Waals surface area contributed by atoms with E-state index in [1.165, 1.54) is 17.0 Å². The summed E-state index contributed by atoms with van der Waals surface area (Å²) >= 11 is 0. The van der Waals surface area contributed by atoms with Crippen molar-refractivity contribution in [3.05, 3.63) is 71.2 Å². The van der Waals surface area contributed by atoms with Gasteiger partial charge in [-0.05, 0) is 42.2 Å². The second kappa shape index (κ2) is 6.99. The van der Waals surface area contributed by atoms with Crippen LogP contribution in [0.15, 0.2) is 54.2 Å². The van der Waals surface area contributed by atoms with E-state index in [0.29, 0.717) is 29.9 Å². The lowest BCUT2D eigenvalue weighted by atomic mass is 10.0. The van der Waals surface area contributed by atoms with Crippen molar-refractivity contribution in [1.29, 1.82) is 0 Å². The maximum absolute atomic E-state index is 13.4. The normalized spacial score (nSPS) is 16.5. The van der Waals surface area contributed by atoms with Gasteiger partial charge in [0.1, 0.15) is 11.5 Å². The molecule has 2 heterocycles. The monoisotopic (exact) mass is 364 g/mol. The summed E-state index contributed by atoms with van der Waals surface area (Å²) in [4.78, 5) is 29.6. The summed E-state index contributed by atoms with van der Waals surface area (Å²) in [5.41, 5.74) is 3.48. The fourth-order valence-electron chi connectivity index (χ4n) is 3.78. The first kappa shape index (κ1) is 17.5. The molecular formula is C22H21FN2O2. The number of para-hydroxylation sites is 1. The molecule has 5 heteroatoms. The first-order valence-electron chi connectivity index (χ1n) is 9.33. The van der Waals surface area contributed by atoms with E-state index in [2.05, 4.69) is 0 Å². The predicted octanol–water partition coefficient (Wildman–Crippen LogP) is 3.77. The van der Waals surface area contributed by atoms with Gasteiger partial charge in [-0.3, -0.25) is 14.5 Å². The average Bonchev–Trinajstić information content (AvgIpc) is 3.20. The minimum absolute atomic E-state index is 0.260. The lowest BCUT2D eigenvalue weighted by molar-refractivity contribution is -0.136. The highest BCUT2D eigenvalue weighted by Crippen LogP contribution is 2.38. The Morgan fingerprint density at radius 1 is 1.00 bits per heavy atom. The topological polar surface area (TPSA) is 40.6 Å². The van der Waals surface area contributed by atoms with Gasteiger partial charge in [-0.25, -0.2) is 4.39 Å². The van der Waals surface area contributed by atoms with Crippen molar-refractivity contribution in [2.24, 2.45) is 0 Å². The van der Waals surface area contributed by atoms with E-state index in [9.17, 15) is 14.0 Å². The van der Waals surface area contributed by atoms with Gasteiger partial charge in [0.05, 0.1) is 5.57 Å².